The number of imidazole rings is 1. The van der Waals surface area contributed by atoms with Gasteiger partial charge in [-0.3, -0.25) is 9.38 Å². The third kappa shape index (κ3) is 3.92. The first-order chi connectivity index (χ1) is 16.4. The molecule has 0 unspecified atom stereocenters. The van der Waals surface area contributed by atoms with Crippen LogP contribution in [0.5, 0.6) is 0 Å². The van der Waals surface area contributed by atoms with Crippen LogP contribution in [0, 0.1) is 11.6 Å². The quantitative estimate of drug-likeness (QED) is 0.233. The molecule has 3 aromatic heterocycles. The third-order valence-electron chi connectivity index (χ3n) is 5.34. The van der Waals surface area contributed by atoms with Crippen molar-refractivity contribution in [3.63, 3.8) is 0 Å². The molecule has 0 bridgehead atoms. The van der Waals surface area contributed by atoms with Crippen molar-refractivity contribution < 1.29 is 41.4 Å². The average Bonchev–Trinajstić information content (AvgIpc) is 3.37. The van der Waals surface area contributed by atoms with Crippen LogP contribution in [-0.4, -0.2) is 19.4 Å². The minimum atomic E-state index is -10.5. The highest BCUT2D eigenvalue weighted by Gasteiger charge is 2.67. The molecule has 0 aliphatic carbocycles. The normalized spacial score (nSPS) is 14.8. The lowest BCUT2D eigenvalue weighted by molar-refractivity contribution is -0.140. The zero-order valence-electron chi connectivity index (χ0n) is 17.2. The van der Waals surface area contributed by atoms with Gasteiger partial charge >= 0.3 is 16.4 Å². The molecule has 1 N–H and O–H groups in total. The Balaban J connectivity index is 1.79. The number of fused-ring (bicyclic) bond motifs is 2. The van der Waals surface area contributed by atoms with Gasteiger partial charge in [0.1, 0.15) is 16.5 Å². The lowest BCUT2D eigenvalue weighted by atomic mass is 10.1. The molecule has 3 heterocycles. The van der Waals surface area contributed by atoms with Crippen molar-refractivity contribution in [2.75, 3.05) is 0 Å². The standard InChI is InChI=1S/C21H10F10N4S/c22-13-3-1-10(7-16(13)36(27,28,29,30)31)15-9-35-17(8-33-15)34-20(21(24,25)26)19(35)12-2-4-14-11(18(12)23)5-6-32-14/h1-9,32H. The van der Waals surface area contributed by atoms with E-state index in [0.717, 1.165) is 22.9 Å². The van der Waals surface area contributed by atoms with E-state index in [1.807, 2.05) is 0 Å². The second kappa shape index (κ2) is 6.72. The number of benzene rings is 2. The van der Waals surface area contributed by atoms with Gasteiger partial charge in [-0.1, -0.05) is 19.4 Å². The number of aromatic nitrogens is 4. The van der Waals surface area contributed by atoms with Gasteiger partial charge in [0.2, 0.25) is 0 Å². The summed E-state index contributed by atoms with van der Waals surface area (Å²) in [5.74, 6) is -3.27. The molecule has 0 amide bonds. The molecule has 0 aliphatic rings. The molecular formula is C21H10F10N4S. The van der Waals surface area contributed by atoms with Crippen LogP contribution in [-0.2, 0) is 6.18 Å². The molecule has 15 heteroatoms. The third-order valence-corrected chi connectivity index (χ3v) is 6.49. The first-order valence-electron chi connectivity index (χ1n) is 9.69. The van der Waals surface area contributed by atoms with Crippen LogP contribution in [0.4, 0.5) is 41.4 Å². The lowest BCUT2D eigenvalue weighted by Gasteiger charge is -2.40. The predicted octanol–water partition coefficient (Wildman–Crippen LogP) is 8.50. The van der Waals surface area contributed by atoms with Crippen molar-refractivity contribution in [2.24, 2.45) is 0 Å². The molecule has 5 rings (SSSR count). The number of hydrogen-bond acceptors (Lipinski definition) is 2. The molecule has 4 nitrogen and oxygen atoms in total. The maximum Gasteiger partial charge on any atom is 0.435 e. The maximum atomic E-state index is 15.2. The fourth-order valence-electron chi connectivity index (χ4n) is 3.80. The van der Waals surface area contributed by atoms with Crippen molar-refractivity contribution >= 4 is 26.8 Å². The van der Waals surface area contributed by atoms with E-state index in [-0.39, 0.29) is 23.0 Å². The fourth-order valence-corrected chi connectivity index (χ4v) is 4.58. The number of alkyl halides is 3. The summed E-state index contributed by atoms with van der Waals surface area (Å²) >= 11 is 0. The smallest absolute Gasteiger partial charge is 0.361 e. The summed E-state index contributed by atoms with van der Waals surface area (Å²) in [5.41, 5.74) is -4.21. The van der Waals surface area contributed by atoms with Crippen molar-refractivity contribution in [2.45, 2.75) is 11.1 Å². The van der Waals surface area contributed by atoms with Gasteiger partial charge in [-0.05, 0) is 36.4 Å². The van der Waals surface area contributed by atoms with Crippen LogP contribution in [0.1, 0.15) is 5.69 Å². The summed E-state index contributed by atoms with van der Waals surface area (Å²) < 4.78 is 138. The summed E-state index contributed by atoms with van der Waals surface area (Å²) in [5, 5.41) is -0.0380. The second-order valence-electron chi connectivity index (χ2n) is 7.79. The Hall–Kier alpha value is -3.75. The Bertz CT molecular complexity index is 1680. The number of hydrogen-bond donors (Lipinski definition) is 1. The van der Waals surface area contributed by atoms with E-state index in [2.05, 4.69) is 15.0 Å². The molecule has 0 radical (unpaired) electrons. The molecule has 0 saturated heterocycles. The second-order valence-corrected chi connectivity index (χ2v) is 10.2. The number of rotatable bonds is 3. The Morgan fingerprint density at radius 1 is 0.917 bits per heavy atom. The highest BCUT2D eigenvalue weighted by atomic mass is 32.5. The molecule has 0 aliphatic heterocycles. The summed E-state index contributed by atoms with van der Waals surface area (Å²) in [6, 6.07) is 4.32. The lowest BCUT2D eigenvalue weighted by Crippen LogP contribution is -2.09. The van der Waals surface area contributed by atoms with E-state index < -0.39 is 66.8 Å². The van der Waals surface area contributed by atoms with Crippen LogP contribution in [0.15, 0.2) is 59.9 Å². The zero-order valence-corrected chi connectivity index (χ0v) is 18.0. The van der Waals surface area contributed by atoms with Gasteiger partial charge in [-0.2, -0.15) is 13.2 Å². The molecule has 190 valence electrons. The number of nitrogens with one attached hydrogen (secondary N) is 1. The topological polar surface area (TPSA) is 46.0 Å². The van der Waals surface area contributed by atoms with E-state index >= 15 is 4.39 Å². The summed E-state index contributed by atoms with van der Waals surface area (Å²) in [7, 11) is -10.5. The summed E-state index contributed by atoms with van der Waals surface area (Å²) in [4.78, 5) is 7.03. The summed E-state index contributed by atoms with van der Waals surface area (Å²) in [6.45, 7) is 0. The van der Waals surface area contributed by atoms with Crippen molar-refractivity contribution in [1.82, 2.24) is 19.4 Å². The Labute approximate surface area is 193 Å². The van der Waals surface area contributed by atoms with Crippen LogP contribution < -0.4 is 0 Å². The molecule has 0 atom stereocenters. The Morgan fingerprint density at radius 3 is 2.31 bits per heavy atom. The van der Waals surface area contributed by atoms with Gasteiger partial charge < -0.3 is 4.98 Å². The predicted molar refractivity (Wildman–Crippen MR) is 112 cm³/mol. The van der Waals surface area contributed by atoms with E-state index in [1.54, 1.807) is 0 Å². The minimum absolute atomic E-state index is 0.0380. The van der Waals surface area contributed by atoms with Gasteiger partial charge in [0.15, 0.2) is 11.3 Å². The van der Waals surface area contributed by atoms with E-state index in [1.165, 1.54) is 18.3 Å². The highest BCUT2D eigenvalue weighted by molar-refractivity contribution is 8.45. The van der Waals surface area contributed by atoms with Crippen molar-refractivity contribution in [3.05, 3.63) is 72.3 Å². The van der Waals surface area contributed by atoms with Gasteiger partial charge in [0.05, 0.1) is 17.6 Å². The largest absolute Gasteiger partial charge is 0.435 e. The molecule has 2 aromatic carbocycles. The van der Waals surface area contributed by atoms with Crippen molar-refractivity contribution in [1.29, 1.82) is 0 Å². The van der Waals surface area contributed by atoms with Crippen LogP contribution in [0.2, 0.25) is 0 Å². The molecule has 0 saturated carbocycles. The fraction of sp³-hybridized carbons (Fsp3) is 0.0476. The molecule has 0 spiro atoms. The van der Waals surface area contributed by atoms with Crippen LogP contribution in [0.3, 0.4) is 0 Å². The first-order valence-corrected chi connectivity index (χ1v) is 11.6. The van der Waals surface area contributed by atoms with Crippen LogP contribution >= 0.6 is 10.2 Å². The average molecular weight is 540 g/mol. The monoisotopic (exact) mass is 540 g/mol. The van der Waals surface area contributed by atoms with Gasteiger partial charge in [-0.25, -0.2) is 13.8 Å². The van der Waals surface area contributed by atoms with E-state index in [4.69, 9.17) is 0 Å². The minimum Gasteiger partial charge on any atom is -0.361 e. The van der Waals surface area contributed by atoms with Gasteiger partial charge in [-0.15, -0.1) is 0 Å². The molecule has 36 heavy (non-hydrogen) atoms. The van der Waals surface area contributed by atoms with Crippen LogP contribution in [0.25, 0.3) is 39.1 Å². The first kappa shape index (κ1) is 24.0. The number of aromatic amines is 1. The van der Waals surface area contributed by atoms with E-state index in [0.29, 0.717) is 6.07 Å². The highest BCUT2D eigenvalue weighted by Crippen LogP contribution is 3.02. The Kier molecular flexibility index (Phi) is 4.47. The molecule has 0 fully saturated rings. The van der Waals surface area contributed by atoms with E-state index in [9.17, 15) is 37.0 Å². The Morgan fingerprint density at radius 2 is 1.64 bits per heavy atom. The van der Waals surface area contributed by atoms with Gasteiger partial charge in [0, 0.05) is 34.4 Å². The SMILES string of the molecule is Fc1ccc(-c2cn3c(-c4ccc5[nH]ccc5c4F)c(C(F)(F)F)nc3cn2)cc1S(F)(F)(F)(F)F. The zero-order chi connectivity index (χ0) is 26.3. The summed E-state index contributed by atoms with van der Waals surface area (Å²) in [6.07, 6.45) is -2.20. The molecular weight excluding hydrogens is 530 g/mol. The number of nitrogens with zero attached hydrogens (tertiary/aromatic N) is 3. The number of halogens is 10. The van der Waals surface area contributed by atoms with Gasteiger partial charge in [0.25, 0.3) is 0 Å². The van der Waals surface area contributed by atoms with Crippen molar-refractivity contribution in [3.8, 4) is 22.5 Å². The maximum absolute atomic E-state index is 15.2. The molecule has 5 aromatic rings. The number of H-pyrrole nitrogens is 1.